The van der Waals surface area contributed by atoms with Crippen LogP contribution in [0.1, 0.15) is 69.0 Å². The average molecular weight is 614 g/mol. The standard InChI is InChI=1S/C29H33F6N5O3/c1-17-22-10-9-21(41)3-2-4-23(22)25(37-36-17)19-5-7-20(8-6-19)40-16-13-24(38-40)18-11-14-39(15-12-18)27(42)43-26(28(30,31)32)29(33,34)35/h5-8,13,16,18,21-23,26,41H,2-4,9-12,14-15H2,1H3/t21-,22+,23-/m1/s1. The molecule has 1 amide bonds. The van der Waals surface area contributed by atoms with Crippen LogP contribution in [-0.2, 0) is 4.74 Å². The number of aliphatic hydroxyl groups excluding tert-OH is 1. The van der Waals surface area contributed by atoms with E-state index in [0.717, 1.165) is 59.7 Å². The molecule has 3 aliphatic rings. The van der Waals surface area contributed by atoms with Gasteiger partial charge in [-0.2, -0.15) is 41.6 Å². The van der Waals surface area contributed by atoms with Gasteiger partial charge in [-0.1, -0.05) is 18.6 Å². The van der Waals surface area contributed by atoms with Gasteiger partial charge in [-0.05, 0) is 69.2 Å². The lowest BCUT2D eigenvalue weighted by Crippen LogP contribution is -2.49. The maximum Gasteiger partial charge on any atom is 0.434 e. The lowest BCUT2D eigenvalue weighted by Gasteiger charge is -2.33. The molecule has 14 heteroatoms. The molecule has 0 bridgehead atoms. The average Bonchev–Trinajstić information content (AvgIpc) is 3.44. The largest absolute Gasteiger partial charge is 0.434 e. The van der Waals surface area contributed by atoms with Gasteiger partial charge in [-0.15, -0.1) is 0 Å². The predicted molar refractivity (Wildman–Crippen MR) is 145 cm³/mol. The summed E-state index contributed by atoms with van der Waals surface area (Å²) in [6.07, 6.45) is -10.9. The molecular weight excluding hydrogens is 580 g/mol. The Bertz CT molecular complexity index is 1330. The topological polar surface area (TPSA) is 92.3 Å². The minimum absolute atomic E-state index is 0.0569. The van der Waals surface area contributed by atoms with Crippen LogP contribution >= 0.6 is 0 Å². The Balaban J connectivity index is 1.21. The van der Waals surface area contributed by atoms with E-state index in [1.165, 1.54) is 0 Å². The molecule has 0 radical (unpaired) electrons. The van der Waals surface area contributed by atoms with Crippen molar-refractivity contribution in [1.29, 1.82) is 0 Å². The molecule has 1 aromatic heterocycles. The number of aromatic nitrogens is 2. The van der Waals surface area contributed by atoms with Crippen LogP contribution in [0.2, 0.25) is 0 Å². The number of amides is 1. The fourth-order valence-electron chi connectivity index (χ4n) is 6.21. The number of hydrogen-bond acceptors (Lipinski definition) is 6. The maximum atomic E-state index is 12.8. The van der Waals surface area contributed by atoms with Crippen molar-refractivity contribution in [3.8, 4) is 5.69 Å². The molecule has 1 aliphatic carbocycles. The van der Waals surface area contributed by atoms with Crippen LogP contribution in [0.15, 0.2) is 46.7 Å². The van der Waals surface area contributed by atoms with Gasteiger partial charge in [0.05, 0.1) is 23.2 Å². The van der Waals surface area contributed by atoms with Crippen LogP contribution in [-0.4, -0.2) is 75.0 Å². The molecule has 3 heterocycles. The van der Waals surface area contributed by atoms with Gasteiger partial charge in [0, 0.05) is 42.8 Å². The highest BCUT2D eigenvalue weighted by atomic mass is 19.4. The zero-order valence-corrected chi connectivity index (χ0v) is 23.5. The molecule has 1 saturated carbocycles. The first-order chi connectivity index (χ1) is 20.3. The minimum Gasteiger partial charge on any atom is -0.426 e. The van der Waals surface area contributed by atoms with Crippen LogP contribution < -0.4 is 0 Å². The van der Waals surface area contributed by atoms with Crippen molar-refractivity contribution >= 4 is 17.5 Å². The Morgan fingerprint density at radius 3 is 2.23 bits per heavy atom. The van der Waals surface area contributed by atoms with Crippen LogP contribution in [0.25, 0.3) is 5.69 Å². The molecule has 1 N–H and O–H groups in total. The summed E-state index contributed by atoms with van der Waals surface area (Å²) in [6.45, 7) is 1.88. The summed E-state index contributed by atoms with van der Waals surface area (Å²) in [5.41, 5.74) is 4.43. The highest BCUT2D eigenvalue weighted by Crippen LogP contribution is 2.37. The highest BCUT2D eigenvalue weighted by Gasteiger charge is 2.60. The zero-order chi connectivity index (χ0) is 30.9. The Hall–Kier alpha value is -3.42. The molecule has 2 fully saturated rings. The van der Waals surface area contributed by atoms with Crippen molar-refractivity contribution in [3.63, 3.8) is 0 Å². The number of nitrogens with zero attached hydrogens (tertiary/aromatic N) is 5. The summed E-state index contributed by atoms with van der Waals surface area (Å²) >= 11 is 0. The lowest BCUT2D eigenvalue weighted by atomic mass is 9.74. The number of alkyl halides is 6. The third kappa shape index (κ3) is 7.05. The van der Waals surface area contributed by atoms with E-state index in [0.29, 0.717) is 18.5 Å². The van der Waals surface area contributed by atoms with Crippen LogP contribution in [0.5, 0.6) is 0 Å². The molecule has 0 unspecified atom stereocenters. The Kier molecular flexibility index (Phi) is 8.87. The second-order valence-electron chi connectivity index (χ2n) is 11.4. The molecule has 1 aromatic carbocycles. The number of carbonyl (C=O) groups is 1. The molecule has 2 aromatic rings. The molecule has 3 atom stereocenters. The normalized spacial score (nSPS) is 24.1. The second-order valence-corrected chi connectivity index (χ2v) is 11.4. The summed E-state index contributed by atoms with van der Waals surface area (Å²) in [5.74, 6) is 0.362. The fourth-order valence-corrected chi connectivity index (χ4v) is 6.21. The van der Waals surface area contributed by atoms with Crippen LogP contribution in [0.4, 0.5) is 31.1 Å². The zero-order valence-electron chi connectivity index (χ0n) is 23.5. The third-order valence-electron chi connectivity index (χ3n) is 8.57. The molecule has 0 spiro atoms. The summed E-state index contributed by atoms with van der Waals surface area (Å²) in [7, 11) is 0. The van der Waals surface area contributed by atoms with E-state index < -0.39 is 24.5 Å². The first-order valence-corrected chi connectivity index (χ1v) is 14.4. The Morgan fingerprint density at radius 1 is 0.907 bits per heavy atom. The third-order valence-corrected chi connectivity index (χ3v) is 8.57. The number of piperidine rings is 1. The van der Waals surface area contributed by atoms with Crippen molar-refractivity contribution in [2.24, 2.45) is 22.0 Å². The predicted octanol–water partition coefficient (Wildman–Crippen LogP) is 6.42. The van der Waals surface area contributed by atoms with Gasteiger partial charge in [0.15, 0.2) is 0 Å². The smallest absolute Gasteiger partial charge is 0.426 e. The summed E-state index contributed by atoms with van der Waals surface area (Å²) in [4.78, 5) is 12.9. The molecule has 5 rings (SSSR count). The second kappa shape index (κ2) is 12.3. The number of aliphatic hydroxyl groups is 1. The molecule has 2 aliphatic heterocycles. The maximum absolute atomic E-state index is 12.8. The van der Waals surface area contributed by atoms with Crippen molar-refractivity contribution in [1.82, 2.24) is 14.7 Å². The monoisotopic (exact) mass is 613 g/mol. The minimum atomic E-state index is -5.75. The molecule has 234 valence electrons. The number of carbonyl (C=O) groups excluding carboxylic acids is 1. The van der Waals surface area contributed by atoms with Crippen molar-refractivity contribution in [2.45, 2.75) is 82.3 Å². The van der Waals surface area contributed by atoms with Crippen molar-refractivity contribution in [2.75, 3.05) is 13.1 Å². The van der Waals surface area contributed by atoms with E-state index in [-0.39, 0.29) is 36.9 Å². The first kappa shape index (κ1) is 31.0. The number of rotatable bonds is 4. The first-order valence-electron chi connectivity index (χ1n) is 14.4. The summed E-state index contributed by atoms with van der Waals surface area (Å²) in [5, 5.41) is 23.8. The van der Waals surface area contributed by atoms with Gasteiger partial charge in [0.2, 0.25) is 0 Å². The number of fused-ring (bicyclic) bond motifs is 1. The van der Waals surface area contributed by atoms with E-state index >= 15 is 0 Å². The molecular formula is C29H33F6N5O3. The summed E-state index contributed by atoms with van der Waals surface area (Å²) < 4.78 is 82.1. The van der Waals surface area contributed by atoms with E-state index in [9.17, 15) is 36.2 Å². The van der Waals surface area contributed by atoms with E-state index in [1.54, 1.807) is 10.9 Å². The van der Waals surface area contributed by atoms with Crippen molar-refractivity contribution < 1.29 is 41.0 Å². The van der Waals surface area contributed by atoms with Gasteiger partial charge in [0.25, 0.3) is 6.10 Å². The van der Waals surface area contributed by atoms with E-state index in [4.69, 9.17) is 0 Å². The van der Waals surface area contributed by atoms with Crippen LogP contribution in [0.3, 0.4) is 0 Å². The fraction of sp³-hybridized carbons (Fsp3) is 0.586. The van der Waals surface area contributed by atoms with Gasteiger partial charge < -0.3 is 14.7 Å². The number of ether oxygens (including phenoxy) is 1. The van der Waals surface area contributed by atoms with Gasteiger partial charge >= 0.3 is 18.4 Å². The van der Waals surface area contributed by atoms with Gasteiger partial charge in [-0.3, -0.25) is 0 Å². The molecule has 8 nitrogen and oxygen atoms in total. The highest BCUT2D eigenvalue weighted by molar-refractivity contribution is 6.07. The quantitative estimate of drug-likeness (QED) is 0.403. The number of hydrogen-bond donors (Lipinski definition) is 1. The van der Waals surface area contributed by atoms with Gasteiger partial charge in [-0.25, -0.2) is 9.48 Å². The van der Waals surface area contributed by atoms with Crippen LogP contribution in [0, 0.1) is 11.8 Å². The number of benzene rings is 1. The lowest BCUT2D eigenvalue weighted by molar-refractivity contribution is -0.308. The molecule has 1 saturated heterocycles. The number of halogens is 6. The molecule has 43 heavy (non-hydrogen) atoms. The SMILES string of the molecule is CC1=NN=C(c2ccc(-n3ccc(C4CCN(C(=O)OC(C(F)(F)F)C(F)(F)F)CC4)n3)cc2)[C@@H]2CCC[C@@H](O)CC[C@@H]12. The van der Waals surface area contributed by atoms with E-state index in [1.807, 2.05) is 37.3 Å². The van der Waals surface area contributed by atoms with Crippen molar-refractivity contribution in [3.05, 3.63) is 47.8 Å². The summed E-state index contributed by atoms with van der Waals surface area (Å²) in [6, 6.07) is 9.63. The Morgan fingerprint density at radius 2 is 1.58 bits per heavy atom. The Labute approximate surface area is 244 Å². The van der Waals surface area contributed by atoms with Gasteiger partial charge in [0.1, 0.15) is 0 Å². The number of likely N-dealkylation sites (tertiary alicyclic amines) is 1. The van der Waals surface area contributed by atoms with E-state index in [2.05, 4.69) is 20.0 Å².